The van der Waals surface area contributed by atoms with Gasteiger partial charge in [0.1, 0.15) is 15.7 Å². The van der Waals surface area contributed by atoms with Crippen molar-refractivity contribution in [1.29, 1.82) is 0 Å². The summed E-state index contributed by atoms with van der Waals surface area (Å²) in [7, 11) is 0.432. The molecule has 0 aromatic heterocycles. The lowest BCUT2D eigenvalue weighted by atomic mass is 9.68. The third-order valence-electron chi connectivity index (χ3n) is 11.5. The van der Waals surface area contributed by atoms with Crippen LogP contribution < -0.4 is 19.7 Å². The number of ether oxygens (including phenoxy) is 3. The average molecular weight is 711 g/mol. The second-order valence-electron chi connectivity index (χ2n) is 15.0. The normalized spacial score (nSPS) is 34.9. The molecule has 11 heteroatoms. The third-order valence-corrected chi connectivity index (χ3v) is 13.8. The molecule has 2 aromatic rings. The Labute approximate surface area is 296 Å². The third kappa shape index (κ3) is 7.60. The van der Waals surface area contributed by atoms with Gasteiger partial charge in [-0.25, -0.2) is 8.93 Å². The molecule has 0 saturated heterocycles. The van der Waals surface area contributed by atoms with Gasteiger partial charge < -0.3 is 24.4 Å². The number of amides is 1. The SMILES string of the molecule is COC[C@H]1C[C@H]1NCN[S@@]1(=O)=NC(=O)c2ccc3c(c2)N(C[C@@H]2CC[C@H]2[C@@H](OC)/C=C/C[C@H](C)C1)C[C@@]1(CCCc2cc(Cl)ccc21)CO3. The van der Waals surface area contributed by atoms with Crippen LogP contribution in [0.4, 0.5) is 5.69 Å². The van der Waals surface area contributed by atoms with Crippen LogP contribution in [-0.4, -0.2) is 75.2 Å². The van der Waals surface area contributed by atoms with Crippen LogP contribution >= 0.6 is 11.6 Å². The van der Waals surface area contributed by atoms with Crippen molar-refractivity contribution in [2.24, 2.45) is 28.0 Å². The molecule has 8 atom stereocenters. The van der Waals surface area contributed by atoms with Crippen molar-refractivity contribution in [2.45, 2.75) is 69.4 Å². The quantitative estimate of drug-likeness (QED) is 0.263. The van der Waals surface area contributed by atoms with Gasteiger partial charge in [-0.3, -0.25) is 4.79 Å². The molecule has 1 amide bonds. The Morgan fingerprint density at radius 2 is 2.06 bits per heavy atom. The molecule has 5 aliphatic rings. The summed E-state index contributed by atoms with van der Waals surface area (Å²) in [6.07, 6.45) is 11.4. The van der Waals surface area contributed by atoms with Gasteiger partial charge in [-0.2, -0.15) is 0 Å². The zero-order valence-electron chi connectivity index (χ0n) is 29.0. The van der Waals surface area contributed by atoms with Gasteiger partial charge in [0.2, 0.25) is 0 Å². The Bertz CT molecular complexity index is 1690. The predicted octanol–water partition coefficient (Wildman–Crippen LogP) is 6.15. The molecule has 266 valence electrons. The van der Waals surface area contributed by atoms with E-state index in [2.05, 4.69) is 50.5 Å². The van der Waals surface area contributed by atoms with Crippen LogP contribution in [0.1, 0.15) is 66.9 Å². The molecule has 2 fully saturated rings. The molecule has 49 heavy (non-hydrogen) atoms. The van der Waals surface area contributed by atoms with Gasteiger partial charge in [-0.05, 0) is 110 Å². The molecule has 2 aliphatic heterocycles. The van der Waals surface area contributed by atoms with Gasteiger partial charge in [0, 0.05) is 55.1 Å². The number of carbonyl (C=O) groups excluding carboxylic acids is 1. The van der Waals surface area contributed by atoms with E-state index in [1.165, 1.54) is 11.1 Å². The van der Waals surface area contributed by atoms with E-state index in [0.29, 0.717) is 49.2 Å². The van der Waals surface area contributed by atoms with Crippen molar-refractivity contribution >= 4 is 33.1 Å². The molecule has 2 heterocycles. The zero-order chi connectivity index (χ0) is 34.2. The van der Waals surface area contributed by atoms with Crippen LogP contribution in [-0.2, 0) is 31.2 Å². The standard InChI is InChI=1S/C38H51ClN4O5S/c1-25-6-4-8-35(47-3)31-12-9-28(31)19-43-22-38(15-5-7-26-16-30(39)11-13-32(26)38)23-48-36-14-10-27(18-34(36)43)37(44)42-49(45,21-25)41-24-40-33-17-29(33)20-46-2/h4,8,10-11,13-14,16,18,25,28-29,31,33,35,40H,5-7,9,12,15,17,19-24H2,1-3H3,(H,41,42,44,45)/b8-4+/t25-,28-,29+,31+,33+,35-,38-,49+/m0/s1. The molecule has 3 aliphatic carbocycles. The lowest BCUT2D eigenvalue weighted by Gasteiger charge is -2.46. The van der Waals surface area contributed by atoms with Gasteiger partial charge in [-0.15, -0.1) is 4.36 Å². The highest BCUT2D eigenvalue weighted by Crippen LogP contribution is 2.47. The number of hydrogen-bond donors (Lipinski definition) is 2. The highest BCUT2D eigenvalue weighted by atomic mass is 35.5. The average Bonchev–Trinajstić information content (AvgIpc) is 3.83. The number of rotatable bonds is 7. The maximum atomic E-state index is 14.4. The fraction of sp³-hybridized carbons (Fsp3) is 0.605. The minimum absolute atomic E-state index is 0.0101. The number of anilines is 1. The van der Waals surface area contributed by atoms with E-state index >= 15 is 0 Å². The highest BCUT2D eigenvalue weighted by molar-refractivity contribution is 7.92. The number of methoxy groups -OCH3 is 2. The summed E-state index contributed by atoms with van der Waals surface area (Å²) in [6.45, 7) is 5.22. The van der Waals surface area contributed by atoms with Crippen LogP contribution in [0, 0.1) is 23.7 Å². The Balaban J connectivity index is 1.24. The van der Waals surface area contributed by atoms with E-state index in [0.717, 1.165) is 74.5 Å². The topological polar surface area (TPSA) is 101 Å². The van der Waals surface area contributed by atoms with Crippen molar-refractivity contribution in [2.75, 3.05) is 57.8 Å². The van der Waals surface area contributed by atoms with Crippen molar-refractivity contribution < 1.29 is 23.2 Å². The number of aryl methyl sites for hydroxylation is 1. The number of nitrogens with zero attached hydrogens (tertiary/aromatic N) is 2. The fourth-order valence-electron chi connectivity index (χ4n) is 8.58. The number of nitrogens with one attached hydrogen (secondary N) is 2. The summed E-state index contributed by atoms with van der Waals surface area (Å²) in [5.74, 6) is 1.87. The molecule has 2 aromatic carbocycles. The van der Waals surface area contributed by atoms with Crippen molar-refractivity contribution in [1.82, 2.24) is 10.0 Å². The second kappa shape index (κ2) is 14.6. The molecule has 9 nitrogen and oxygen atoms in total. The molecule has 0 radical (unpaired) electrons. The van der Waals surface area contributed by atoms with Gasteiger partial charge in [-0.1, -0.05) is 36.7 Å². The zero-order valence-corrected chi connectivity index (χ0v) is 30.6. The first-order valence-corrected chi connectivity index (χ1v) is 20.0. The van der Waals surface area contributed by atoms with Crippen LogP contribution in [0.25, 0.3) is 0 Å². The van der Waals surface area contributed by atoms with E-state index in [1.807, 2.05) is 18.2 Å². The van der Waals surface area contributed by atoms with E-state index < -0.39 is 15.8 Å². The van der Waals surface area contributed by atoms with Crippen LogP contribution in [0.2, 0.25) is 5.02 Å². The first kappa shape index (κ1) is 35.0. The summed E-state index contributed by atoms with van der Waals surface area (Å²) in [5.41, 5.74) is 3.71. The minimum Gasteiger partial charge on any atom is -0.490 e. The van der Waals surface area contributed by atoms with Gasteiger partial charge in [0.25, 0.3) is 5.91 Å². The highest BCUT2D eigenvalue weighted by Gasteiger charge is 2.44. The number of benzene rings is 2. The largest absolute Gasteiger partial charge is 0.490 e. The van der Waals surface area contributed by atoms with Crippen LogP contribution in [0.5, 0.6) is 5.75 Å². The van der Waals surface area contributed by atoms with Crippen molar-refractivity contribution in [3.05, 3.63) is 70.3 Å². The molecule has 2 N–H and O–H groups in total. The summed E-state index contributed by atoms with van der Waals surface area (Å²) in [5, 5.41) is 4.18. The summed E-state index contributed by atoms with van der Waals surface area (Å²) >= 11 is 6.46. The maximum Gasteiger partial charge on any atom is 0.286 e. The predicted molar refractivity (Wildman–Crippen MR) is 195 cm³/mol. The Kier molecular flexibility index (Phi) is 10.4. The lowest BCUT2D eigenvalue weighted by molar-refractivity contribution is 0.0131. The van der Waals surface area contributed by atoms with Crippen LogP contribution in [0.3, 0.4) is 0 Å². The Morgan fingerprint density at radius 1 is 1.18 bits per heavy atom. The second-order valence-corrected chi connectivity index (χ2v) is 17.6. The van der Waals surface area contributed by atoms with E-state index in [1.54, 1.807) is 20.3 Å². The summed E-state index contributed by atoms with van der Waals surface area (Å²) in [6, 6.07) is 12.2. The van der Waals surface area contributed by atoms with Crippen molar-refractivity contribution in [3.63, 3.8) is 0 Å². The number of carbonyl (C=O) groups is 1. The van der Waals surface area contributed by atoms with Crippen LogP contribution in [0.15, 0.2) is 52.9 Å². The molecule has 1 spiro atoms. The number of allylic oxidation sites excluding steroid dienone is 1. The summed E-state index contributed by atoms with van der Waals surface area (Å²) in [4.78, 5) is 16.4. The van der Waals surface area contributed by atoms with Gasteiger partial charge in [0.15, 0.2) is 0 Å². The van der Waals surface area contributed by atoms with Crippen molar-refractivity contribution in [3.8, 4) is 5.75 Å². The molecular weight excluding hydrogens is 660 g/mol. The summed E-state index contributed by atoms with van der Waals surface area (Å²) < 4.78 is 40.0. The molecule has 2 saturated carbocycles. The first-order chi connectivity index (χ1) is 23.7. The molecule has 7 rings (SSSR count). The smallest absolute Gasteiger partial charge is 0.286 e. The molecule has 2 bridgehead atoms. The lowest BCUT2D eigenvalue weighted by Crippen LogP contribution is -2.49. The van der Waals surface area contributed by atoms with E-state index in [4.69, 9.17) is 25.8 Å². The number of fused-ring (bicyclic) bond motifs is 4. The number of halogens is 1. The molecule has 0 unspecified atom stereocenters. The maximum absolute atomic E-state index is 14.4. The number of hydrogen-bond acceptors (Lipinski definition) is 7. The Hall–Kier alpha value is -2.47. The van der Waals surface area contributed by atoms with Gasteiger partial charge in [0.05, 0.1) is 31.7 Å². The van der Waals surface area contributed by atoms with Gasteiger partial charge >= 0.3 is 0 Å². The first-order valence-electron chi connectivity index (χ1n) is 18.0. The Morgan fingerprint density at radius 3 is 2.86 bits per heavy atom. The van der Waals surface area contributed by atoms with E-state index in [-0.39, 0.29) is 23.2 Å². The van der Waals surface area contributed by atoms with E-state index in [9.17, 15) is 9.00 Å². The fourth-order valence-corrected chi connectivity index (χ4v) is 10.6. The molecular formula is C38H51ClN4O5S. The monoisotopic (exact) mass is 710 g/mol. The minimum atomic E-state index is -3.08.